The van der Waals surface area contributed by atoms with Crippen molar-refractivity contribution in [2.75, 3.05) is 19.6 Å². The molecule has 0 aromatic carbocycles. The van der Waals surface area contributed by atoms with Gasteiger partial charge >= 0.3 is 0 Å². The fraction of sp³-hybridized carbons (Fsp3) is 0.800. The first-order valence-corrected chi connectivity index (χ1v) is 5.18. The predicted octanol–water partition coefficient (Wildman–Crippen LogP) is 0.501. The molecule has 4 heteroatoms. The Bertz CT molecular complexity index is 234. The summed E-state index contributed by atoms with van der Waals surface area (Å²) in [5, 5.41) is 11.7. The van der Waals surface area contributed by atoms with Gasteiger partial charge in [0.05, 0.1) is 18.5 Å². The van der Waals surface area contributed by atoms with E-state index in [0.717, 1.165) is 32.5 Å². The average molecular weight is 195 g/mol. The second-order valence-electron chi connectivity index (χ2n) is 3.55. The Hall–Kier alpha value is -1.08. The molecule has 1 N–H and O–H groups in total. The predicted molar refractivity (Wildman–Crippen MR) is 53.5 cm³/mol. The summed E-state index contributed by atoms with van der Waals surface area (Å²) >= 11 is 0. The van der Waals surface area contributed by atoms with Crippen LogP contribution in [0.1, 0.15) is 26.2 Å². The summed E-state index contributed by atoms with van der Waals surface area (Å²) in [7, 11) is 0. The molecule has 0 bridgehead atoms. The molecule has 14 heavy (non-hydrogen) atoms. The maximum atomic E-state index is 11.8. The van der Waals surface area contributed by atoms with Crippen molar-refractivity contribution in [3.63, 3.8) is 0 Å². The van der Waals surface area contributed by atoms with Gasteiger partial charge in [-0.15, -0.1) is 0 Å². The monoisotopic (exact) mass is 195 g/mol. The molecule has 4 nitrogen and oxygen atoms in total. The van der Waals surface area contributed by atoms with E-state index >= 15 is 0 Å². The van der Waals surface area contributed by atoms with Crippen LogP contribution in [-0.4, -0.2) is 36.5 Å². The summed E-state index contributed by atoms with van der Waals surface area (Å²) in [6.07, 6.45) is 2.23. The number of hydrogen-bond donors (Lipinski definition) is 1. The molecule has 0 radical (unpaired) electrons. The van der Waals surface area contributed by atoms with Crippen LogP contribution in [0.3, 0.4) is 0 Å². The Balaban J connectivity index is 2.60. The van der Waals surface area contributed by atoms with E-state index in [1.165, 1.54) is 0 Å². The molecule has 0 aromatic rings. The Kier molecular flexibility index (Phi) is 4.41. The highest BCUT2D eigenvalue weighted by Gasteiger charge is 2.25. The Labute approximate surface area is 84.9 Å². The Morgan fingerprint density at radius 2 is 2.50 bits per heavy atom. The minimum atomic E-state index is -0.283. The van der Waals surface area contributed by atoms with Gasteiger partial charge in [0.15, 0.2) is 0 Å². The van der Waals surface area contributed by atoms with Gasteiger partial charge in [-0.25, -0.2) is 0 Å². The zero-order valence-corrected chi connectivity index (χ0v) is 8.62. The van der Waals surface area contributed by atoms with Crippen LogP contribution < -0.4 is 5.32 Å². The zero-order valence-electron chi connectivity index (χ0n) is 8.62. The van der Waals surface area contributed by atoms with Gasteiger partial charge in [-0.2, -0.15) is 5.26 Å². The van der Waals surface area contributed by atoms with Crippen molar-refractivity contribution in [3.05, 3.63) is 0 Å². The normalized spacial score (nSPS) is 23.0. The number of amides is 1. The van der Waals surface area contributed by atoms with Gasteiger partial charge in [-0.05, 0) is 19.4 Å². The quantitative estimate of drug-likeness (QED) is 0.713. The lowest BCUT2D eigenvalue weighted by atomic mass is 10.2. The highest BCUT2D eigenvalue weighted by molar-refractivity contribution is 5.82. The fourth-order valence-corrected chi connectivity index (χ4v) is 1.71. The topological polar surface area (TPSA) is 56.1 Å². The summed E-state index contributed by atoms with van der Waals surface area (Å²) in [6.45, 7) is 4.52. The standard InChI is InChI=1S/C10H17N3O/c1-2-7-13-8-3-6-12-9(4-5-11)10(13)14/h9,12H,2-4,6-8H2,1H3. The van der Waals surface area contributed by atoms with Crippen LogP contribution in [-0.2, 0) is 4.79 Å². The van der Waals surface area contributed by atoms with Gasteiger partial charge in [0.25, 0.3) is 0 Å². The Morgan fingerprint density at radius 3 is 3.14 bits per heavy atom. The lowest BCUT2D eigenvalue weighted by Crippen LogP contribution is -2.43. The molecule has 0 saturated carbocycles. The van der Waals surface area contributed by atoms with E-state index in [1.807, 2.05) is 11.0 Å². The molecule has 1 saturated heterocycles. The van der Waals surface area contributed by atoms with Crippen molar-refractivity contribution in [2.24, 2.45) is 0 Å². The second-order valence-corrected chi connectivity index (χ2v) is 3.55. The van der Waals surface area contributed by atoms with Gasteiger partial charge in [-0.3, -0.25) is 4.79 Å². The van der Waals surface area contributed by atoms with E-state index in [4.69, 9.17) is 5.26 Å². The van der Waals surface area contributed by atoms with Gasteiger partial charge in [-0.1, -0.05) is 6.92 Å². The number of hydrogen-bond acceptors (Lipinski definition) is 3. The number of carbonyl (C=O) groups is 1. The fourth-order valence-electron chi connectivity index (χ4n) is 1.71. The van der Waals surface area contributed by atoms with Crippen LogP contribution in [0.4, 0.5) is 0 Å². The van der Waals surface area contributed by atoms with E-state index < -0.39 is 0 Å². The molecule has 1 amide bonds. The van der Waals surface area contributed by atoms with Gasteiger partial charge in [0.1, 0.15) is 0 Å². The van der Waals surface area contributed by atoms with Crippen molar-refractivity contribution >= 4 is 5.91 Å². The molecule has 0 aliphatic carbocycles. The third kappa shape index (κ3) is 2.71. The summed E-state index contributed by atoms with van der Waals surface area (Å²) in [4.78, 5) is 13.7. The molecule has 1 aliphatic rings. The molecule has 1 unspecified atom stereocenters. The highest BCUT2D eigenvalue weighted by atomic mass is 16.2. The molecular formula is C10H17N3O. The van der Waals surface area contributed by atoms with E-state index in [9.17, 15) is 4.79 Å². The highest BCUT2D eigenvalue weighted by Crippen LogP contribution is 2.05. The van der Waals surface area contributed by atoms with Crippen molar-refractivity contribution in [3.8, 4) is 6.07 Å². The lowest BCUT2D eigenvalue weighted by molar-refractivity contribution is -0.132. The van der Waals surface area contributed by atoms with Crippen LogP contribution in [0.25, 0.3) is 0 Å². The summed E-state index contributed by atoms with van der Waals surface area (Å²) < 4.78 is 0. The van der Waals surface area contributed by atoms with E-state index in [1.54, 1.807) is 0 Å². The summed E-state index contributed by atoms with van der Waals surface area (Å²) in [5.41, 5.74) is 0. The molecule has 1 atom stereocenters. The second kappa shape index (κ2) is 5.61. The van der Waals surface area contributed by atoms with E-state index in [0.29, 0.717) is 0 Å². The van der Waals surface area contributed by atoms with Crippen LogP contribution in [0, 0.1) is 11.3 Å². The minimum absolute atomic E-state index is 0.0888. The van der Waals surface area contributed by atoms with E-state index in [-0.39, 0.29) is 18.4 Å². The van der Waals surface area contributed by atoms with Crippen LogP contribution >= 0.6 is 0 Å². The molecule has 1 heterocycles. The Morgan fingerprint density at radius 1 is 1.71 bits per heavy atom. The number of nitrogens with one attached hydrogen (secondary N) is 1. The molecule has 1 rings (SSSR count). The molecule has 78 valence electrons. The molecule has 0 aromatic heterocycles. The van der Waals surface area contributed by atoms with Crippen LogP contribution in [0.5, 0.6) is 0 Å². The first kappa shape index (κ1) is 11.0. The average Bonchev–Trinajstić information content (AvgIpc) is 2.34. The van der Waals surface area contributed by atoms with Crippen molar-refractivity contribution in [1.29, 1.82) is 5.26 Å². The van der Waals surface area contributed by atoms with Crippen molar-refractivity contribution < 1.29 is 4.79 Å². The van der Waals surface area contributed by atoms with Crippen molar-refractivity contribution in [1.82, 2.24) is 10.2 Å². The first-order valence-electron chi connectivity index (χ1n) is 5.18. The molecular weight excluding hydrogens is 178 g/mol. The molecule has 1 aliphatic heterocycles. The smallest absolute Gasteiger partial charge is 0.240 e. The first-order chi connectivity index (χ1) is 6.79. The maximum Gasteiger partial charge on any atom is 0.240 e. The lowest BCUT2D eigenvalue weighted by Gasteiger charge is -2.22. The summed E-state index contributed by atoms with van der Waals surface area (Å²) in [6, 6.07) is 1.76. The largest absolute Gasteiger partial charge is 0.341 e. The number of nitrogens with zero attached hydrogens (tertiary/aromatic N) is 2. The molecule has 0 spiro atoms. The van der Waals surface area contributed by atoms with Gasteiger partial charge in [0, 0.05) is 13.1 Å². The summed E-state index contributed by atoms with van der Waals surface area (Å²) in [5.74, 6) is 0.0888. The number of carbonyl (C=O) groups excluding carboxylic acids is 1. The third-order valence-electron chi connectivity index (χ3n) is 2.39. The number of nitriles is 1. The van der Waals surface area contributed by atoms with Crippen molar-refractivity contribution in [2.45, 2.75) is 32.2 Å². The third-order valence-corrected chi connectivity index (χ3v) is 2.39. The minimum Gasteiger partial charge on any atom is -0.341 e. The van der Waals surface area contributed by atoms with Gasteiger partial charge < -0.3 is 10.2 Å². The van der Waals surface area contributed by atoms with Crippen LogP contribution in [0.15, 0.2) is 0 Å². The SMILES string of the molecule is CCCN1CCCNC(CC#N)C1=O. The van der Waals surface area contributed by atoms with Gasteiger partial charge in [0.2, 0.25) is 5.91 Å². The maximum absolute atomic E-state index is 11.8. The zero-order chi connectivity index (χ0) is 10.4. The number of rotatable bonds is 3. The molecule has 1 fully saturated rings. The van der Waals surface area contributed by atoms with Crippen LogP contribution in [0.2, 0.25) is 0 Å². The van der Waals surface area contributed by atoms with E-state index in [2.05, 4.69) is 12.2 Å².